The summed E-state index contributed by atoms with van der Waals surface area (Å²) in [5, 5.41) is 0. The van der Waals surface area contributed by atoms with E-state index >= 15 is 0 Å². The van der Waals surface area contributed by atoms with Crippen LogP contribution in [0.1, 0.15) is 64.2 Å². The topological polar surface area (TPSA) is 0 Å². The molecule has 0 saturated heterocycles. The molecule has 0 atom stereocenters. The van der Waals surface area contributed by atoms with Gasteiger partial charge in [0.05, 0.1) is 0 Å². The van der Waals surface area contributed by atoms with Crippen molar-refractivity contribution in [3.63, 3.8) is 0 Å². The molecule has 2 rings (SSSR count). The van der Waals surface area contributed by atoms with Crippen LogP contribution < -0.4 is 0 Å². The first-order valence-corrected chi connectivity index (χ1v) is 5.00. The van der Waals surface area contributed by atoms with Gasteiger partial charge in [-0.15, -0.1) is 0 Å². The van der Waals surface area contributed by atoms with Crippen molar-refractivity contribution in [2.24, 2.45) is 0 Å². The quantitative estimate of drug-likeness (QED) is 0.478. The molecule has 2 aliphatic rings. The van der Waals surface area contributed by atoms with Crippen molar-refractivity contribution in [3.8, 4) is 0 Å². The van der Waals surface area contributed by atoms with E-state index in [1.165, 1.54) is 64.2 Å². The summed E-state index contributed by atoms with van der Waals surface area (Å²) in [6.45, 7) is 0. The smallest absolute Gasteiger partial charge is 0.0533 e. The normalized spacial score (nSPS) is 24.0. The molecular formula is C10H20. The van der Waals surface area contributed by atoms with Gasteiger partial charge in [0.25, 0.3) is 0 Å². The van der Waals surface area contributed by atoms with Crippen molar-refractivity contribution in [1.29, 1.82) is 0 Å². The third-order valence-corrected chi connectivity index (χ3v) is 2.50. The van der Waals surface area contributed by atoms with Crippen molar-refractivity contribution < 1.29 is 0 Å². The molecule has 2 saturated carbocycles. The van der Waals surface area contributed by atoms with Crippen molar-refractivity contribution in [3.05, 3.63) is 0 Å². The molecule has 0 heteroatoms. The molecule has 60 valence electrons. The molecule has 0 bridgehead atoms. The van der Waals surface area contributed by atoms with Crippen LogP contribution in [0.15, 0.2) is 0 Å². The summed E-state index contributed by atoms with van der Waals surface area (Å²) in [4.78, 5) is 0. The minimum atomic E-state index is 1.50. The highest BCUT2D eigenvalue weighted by atomic mass is 14.0. The Kier molecular flexibility index (Phi) is 4.67. The van der Waals surface area contributed by atoms with Gasteiger partial charge in [0.15, 0.2) is 0 Å². The van der Waals surface area contributed by atoms with E-state index < -0.39 is 0 Å². The fourth-order valence-electron chi connectivity index (χ4n) is 1.31. The second kappa shape index (κ2) is 5.76. The first kappa shape index (κ1) is 8.10. The molecule has 0 radical (unpaired) electrons. The van der Waals surface area contributed by atoms with Crippen LogP contribution in [0.3, 0.4) is 0 Å². The van der Waals surface area contributed by atoms with Crippen molar-refractivity contribution in [1.82, 2.24) is 0 Å². The average Bonchev–Trinajstić information content (AvgIpc) is 1.88. The molecule has 0 aromatic rings. The Morgan fingerprint density at radius 2 is 0.300 bits per heavy atom. The second-order valence-corrected chi connectivity index (χ2v) is 3.54. The Morgan fingerprint density at radius 1 is 0.200 bits per heavy atom. The standard InChI is InChI=1S/C6H12.C4H8/c1-2-4-6-5-3-1;1-2-4-3-1/h1-6H2;1-4H2. The maximum Gasteiger partial charge on any atom is -0.0533 e. The van der Waals surface area contributed by atoms with Crippen LogP contribution in [0.4, 0.5) is 0 Å². The predicted octanol–water partition coefficient (Wildman–Crippen LogP) is 3.90. The van der Waals surface area contributed by atoms with Gasteiger partial charge in [0, 0.05) is 0 Å². The Balaban J connectivity index is 0.000000108. The van der Waals surface area contributed by atoms with E-state index in [2.05, 4.69) is 0 Å². The SMILES string of the molecule is C1CCC1.C1CCCCC1. The molecule has 2 fully saturated rings. The van der Waals surface area contributed by atoms with Gasteiger partial charge in [-0.05, 0) is 0 Å². The van der Waals surface area contributed by atoms with E-state index in [0.29, 0.717) is 0 Å². The van der Waals surface area contributed by atoms with Crippen molar-refractivity contribution >= 4 is 0 Å². The van der Waals surface area contributed by atoms with Crippen LogP contribution in [0.5, 0.6) is 0 Å². The molecular weight excluding hydrogens is 120 g/mol. The Hall–Kier alpha value is 0. The number of hydrogen-bond donors (Lipinski definition) is 0. The summed E-state index contributed by atoms with van der Waals surface area (Å²) < 4.78 is 0. The summed E-state index contributed by atoms with van der Waals surface area (Å²) in [5.74, 6) is 0. The van der Waals surface area contributed by atoms with Gasteiger partial charge in [-0.2, -0.15) is 0 Å². The van der Waals surface area contributed by atoms with E-state index in [0.717, 1.165) is 0 Å². The lowest BCUT2D eigenvalue weighted by Gasteiger charge is -2.05. The average molecular weight is 140 g/mol. The summed E-state index contributed by atoms with van der Waals surface area (Å²) >= 11 is 0. The zero-order valence-electron chi connectivity index (χ0n) is 7.07. The van der Waals surface area contributed by atoms with E-state index in [1.54, 1.807) is 0 Å². The second-order valence-electron chi connectivity index (χ2n) is 3.54. The van der Waals surface area contributed by atoms with Gasteiger partial charge in [0.1, 0.15) is 0 Å². The zero-order chi connectivity index (χ0) is 7.07. The van der Waals surface area contributed by atoms with Gasteiger partial charge >= 0.3 is 0 Å². The summed E-state index contributed by atoms with van der Waals surface area (Å²) in [6.07, 6.45) is 15.0. The lowest BCUT2D eigenvalue weighted by atomic mass is 10.0. The Labute approximate surface area is 65.0 Å². The van der Waals surface area contributed by atoms with Crippen LogP contribution in [0.25, 0.3) is 0 Å². The Morgan fingerprint density at radius 3 is 0.400 bits per heavy atom. The largest absolute Gasteiger partial charge is 0.0533 e. The molecule has 2 aliphatic carbocycles. The first-order chi connectivity index (χ1) is 5.00. The Bertz CT molecular complexity index is 42.9. The fourth-order valence-corrected chi connectivity index (χ4v) is 1.31. The fraction of sp³-hybridized carbons (Fsp3) is 1.00. The molecule has 0 amide bonds. The molecule has 0 spiro atoms. The maximum absolute atomic E-state index is 1.50. The van der Waals surface area contributed by atoms with Gasteiger partial charge in [-0.25, -0.2) is 0 Å². The van der Waals surface area contributed by atoms with Crippen LogP contribution in [-0.4, -0.2) is 0 Å². The van der Waals surface area contributed by atoms with Gasteiger partial charge in [-0.3, -0.25) is 0 Å². The van der Waals surface area contributed by atoms with Crippen molar-refractivity contribution in [2.45, 2.75) is 64.2 Å². The molecule has 0 unspecified atom stereocenters. The number of hydrogen-bond acceptors (Lipinski definition) is 0. The molecule has 0 heterocycles. The summed E-state index contributed by atoms with van der Waals surface area (Å²) in [5.41, 5.74) is 0. The molecule has 10 heavy (non-hydrogen) atoms. The zero-order valence-corrected chi connectivity index (χ0v) is 7.07. The first-order valence-electron chi connectivity index (χ1n) is 5.00. The van der Waals surface area contributed by atoms with Crippen LogP contribution in [0, 0.1) is 0 Å². The molecule has 0 aliphatic heterocycles. The highest BCUT2D eigenvalue weighted by molar-refractivity contribution is 4.51. The molecule has 0 aromatic carbocycles. The molecule has 0 nitrogen and oxygen atoms in total. The minimum absolute atomic E-state index is 1.50. The molecule has 0 N–H and O–H groups in total. The van der Waals surface area contributed by atoms with Crippen LogP contribution in [0.2, 0.25) is 0 Å². The van der Waals surface area contributed by atoms with Crippen LogP contribution in [-0.2, 0) is 0 Å². The molecule has 0 aromatic heterocycles. The lowest BCUT2D eigenvalue weighted by molar-refractivity contribution is 0.504. The monoisotopic (exact) mass is 140 g/mol. The van der Waals surface area contributed by atoms with Crippen LogP contribution >= 0.6 is 0 Å². The minimum Gasteiger partial charge on any atom is -0.0533 e. The van der Waals surface area contributed by atoms with E-state index in [9.17, 15) is 0 Å². The number of rotatable bonds is 0. The third-order valence-electron chi connectivity index (χ3n) is 2.50. The highest BCUT2D eigenvalue weighted by Gasteiger charge is 1.95. The van der Waals surface area contributed by atoms with E-state index in [-0.39, 0.29) is 0 Å². The lowest BCUT2D eigenvalue weighted by Crippen LogP contribution is -1.85. The van der Waals surface area contributed by atoms with E-state index in [4.69, 9.17) is 0 Å². The van der Waals surface area contributed by atoms with E-state index in [1.807, 2.05) is 0 Å². The third kappa shape index (κ3) is 3.92. The summed E-state index contributed by atoms with van der Waals surface area (Å²) in [7, 11) is 0. The van der Waals surface area contributed by atoms with Gasteiger partial charge in [0.2, 0.25) is 0 Å². The van der Waals surface area contributed by atoms with Crippen molar-refractivity contribution in [2.75, 3.05) is 0 Å². The highest BCUT2D eigenvalue weighted by Crippen LogP contribution is 2.15. The predicted molar refractivity (Wildman–Crippen MR) is 46.2 cm³/mol. The van der Waals surface area contributed by atoms with Gasteiger partial charge < -0.3 is 0 Å². The van der Waals surface area contributed by atoms with Gasteiger partial charge in [-0.1, -0.05) is 64.2 Å². The summed E-state index contributed by atoms with van der Waals surface area (Å²) in [6, 6.07) is 0. The maximum atomic E-state index is 1.50.